The summed E-state index contributed by atoms with van der Waals surface area (Å²) in [5, 5.41) is 11.0. The first kappa shape index (κ1) is 11.2. The number of nitriles is 1. The monoisotopic (exact) mass is 206 g/mol. The molecule has 0 aliphatic carbocycles. The standard InChI is InChI=1S/C11H14N2O2/c1-3-14-10-6-5-9(13-8-12)7-11(10)15-4-2/h5-7,13H,3-4H2,1-2H3. The second-order valence-corrected chi connectivity index (χ2v) is 2.76. The zero-order valence-corrected chi connectivity index (χ0v) is 8.91. The molecule has 0 atom stereocenters. The van der Waals surface area contributed by atoms with Crippen molar-refractivity contribution in [3.8, 4) is 17.7 Å². The van der Waals surface area contributed by atoms with E-state index < -0.39 is 0 Å². The van der Waals surface area contributed by atoms with Gasteiger partial charge in [0.1, 0.15) is 0 Å². The Morgan fingerprint density at radius 2 is 1.87 bits per heavy atom. The first-order chi connectivity index (χ1) is 7.31. The number of benzene rings is 1. The number of hydrogen-bond donors (Lipinski definition) is 1. The van der Waals surface area contributed by atoms with Gasteiger partial charge in [-0.25, -0.2) is 0 Å². The molecule has 1 N–H and O–H groups in total. The van der Waals surface area contributed by atoms with Crippen LogP contribution in [0, 0.1) is 11.5 Å². The van der Waals surface area contributed by atoms with Crippen molar-refractivity contribution in [3.05, 3.63) is 18.2 Å². The number of nitrogens with one attached hydrogen (secondary N) is 1. The van der Waals surface area contributed by atoms with Gasteiger partial charge in [0.2, 0.25) is 0 Å². The van der Waals surface area contributed by atoms with E-state index in [1.807, 2.05) is 20.0 Å². The van der Waals surface area contributed by atoms with Crippen LogP contribution in [0.1, 0.15) is 13.8 Å². The van der Waals surface area contributed by atoms with Crippen LogP contribution in [0.25, 0.3) is 0 Å². The van der Waals surface area contributed by atoms with E-state index in [4.69, 9.17) is 14.7 Å². The fourth-order valence-corrected chi connectivity index (χ4v) is 1.19. The van der Waals surface area contributed by atoms with E-state index in [0.29, 0.717) is 30.4 Å². The van der Waals surface area contributed by atoms with E-state index in [1.165, 1.54) is 0 Å². The summed E-state index contributed by atoms with van der Waals surface area (Å²) in [6, 6.07) is 5.31. The average Bonchev–Trinajstić information content (AvgIpc) is 2.23. The molecule has 0 aliphatic heterocycles. The van der Waals surface area contributed by atoms with Gasteiger partial charge in [-0.3, -0.25) is 5.32 Å². The molecule has 0 bridgehead atoms. The van der Waals surface area contributed by atoms with Gasteiger partial charge in [-0.05, 0) is 26.0 Å². The van der Waals surface area contributed by atoms with E-state index >= 15 is 0 Å². The van der Waals surface area contributed by atoms with Crippen LogP contribution in [-0.4, -0.2) is 13.2 Å². The molecular weight excluding hydrogens is 192 g/mol. The molecular formula is C11H14N2O2. The third-order valence-electron chi connectivity index (χ3n) is 1.74. The third-order valence-corrected chi connectivity index (χ3v) is 1.74. The SMILES string of the molecule is CCOc1ccc(NC#N)cc1OCC. The van der Waals surface area contributed by atoms with Gasteiger partial charge >= 0.3 is 0 Å². The molecule has 0 spiro atoms. The van der Waals surface area contributed by atoms with Crippen molar-refractivity contribution in [1.29, 1.82) is 5.26 Å². The molecule has 1 aromatic carbocycles. The average molecular weight is 206 g/mol. The fraction of sp³-hybridized carbons (Fsp3) is 0.364. The maximum Gasteiger partial charge on any atom is 0.181 e. The molecule has 1 aromatic rings. The molecule has 0 aliphatic rings. The van der Waals surface area contributed by atoms with Crippen LogP contribution >= 0.6 is 0 Å². The van der Waals surface area contributed by atoms with Crippen molar-refractivity contribution < 1.29 is 9.47 Å². The summed E-state index contributed by atoms with van der Waals surface area (Å²) >= 11 is 0. The van der Waals surface area contributed by atoms with Crippen molar-refractivity contribution in [2.45, 2.75) is 13.8 Å². The highest BCUT2D eigenvalue weighted by molar-refractivity contribution is 5.56. The lowest BCUT2D eigenvalue weighted by Gasteiger charge is -2.11. The minimum atomic E-state index is 0.566. The predicted octanol–water partition coefficient (Wildman–Crippen LogP) is 2.38. The molecule has 0 saturated carbocycles. The van der Waals surface area contributed by atoms with Crippen LogP contribution in [0.15, 0.2) is 18.2 Å². The predicted molar refractivity (Wildman–Crippen MR) is 58.0 cm³/mol. The number of rotatable bonds is 5. The molecule has 15 heavy (non-hydrogen) atoms. The summed E-state index contributed by atoms with van der Waals surface area (Å²) in [7, 11) is 0. The number of nitrogens with zero attached hydrogens (tertiary/aromatic N) is 1. The van der Waals surface area contributed by atoms with Crippen molar-refractivity contribution in [3.63, 3.8) is 0 Å². The lowest BCUT2D eigenvalue weighted by molar-refractivity contribution is 0.288. The first-order valence-electron chi connectivity index (χ1n) is 4.86. The minimum Gasteiger partial charge on any atom is -0.490 e. The van der Waals surface area contributed by atoms with Gasteiger partial charge < -0.3 is 9.47 Å². The molecule has 1 rings (SSSR count). The Bertz CT molecular complexity index is 358. The Morgan fingerprint density at radius 1 is 1.20 bits per heavy atom. The largest absolute Gasteiger partial charge is 0.490 e. The van der Waals surface area contributed by atoms with Gasteiger partial charge in [-0.15, -0.1) is 0 Å². The second-order valence-electron chi connectivity index (χ2n) is 2.76. The molecule has 4 heteroatoms. The summed E-state index contributed by atoms with van der Waals surface area (Å²) in [4.78, 5) is 0. The van der Waals surface area contributed by atoms with Crippen LogP contribution < -0.4 is 14.8 Å². The summed E-state index contributed by atoms with van der Waals surface area (Å²) in [6.07, 6.45) is 1.86. The zero-order chi connectivity index (χ0) is 11.1. The number of anilines is 1. The Labute approximate surface area is 89.4 Å². The third kappa shape index (κ3) is 3.06. The Hall–Kier alpha value is -1.89. The van der Waals surface area contributed by atoms with Crippen LogP contribution in [0.4, 0.5) is 5.69 Å². The van der Waals surface area contributed by atoms with Crippen molar-refractivity contribution in [1.82, 2.24) is 0 Å². The summed E-state index contributed by atoms with van der Waals surface area (Å²) in [6.45, 7) is 4.97. The Kier molecular flexibility index (Phi) is 4.30. The molecule has 0 unspecified atom stereocenters. The molecule has 0 radical (unpaired) electrons. The van der Waals surface area contributed by atoms with Gasteiger partial charge in [-0.2, -0.15) is 5.26 Å². The smallest absolute Gasteiger partial charge is 0.181 e. The topological polar surface area (TPSA) is 54.3 Å². The van der Waals surface area contributed by atoms with Crippen LogP contribution in [0.2, 0.25) is 0 Å². The molecule has 80 valence electrons. The highest BCUT2D eigenvalue weighted by Gasteiger charge is 2.05. The van der Waals surface area contributed by atoms with Gasteiger partial charge in [0.25, 0.3) is 0 Å². The highest BCUT2D eigenvalue weighted by atomic mass is 16.5. The van der Waals surface area contributed by atoms with E-state index in [-0.39, 0.29) is 0 Å². The van der Waals surface area contributed by atoms with Crippen molar-refractivity contribution >= 4 is 5.69 Å². The number of ether oxygens (including phenoxy) is 2. The van der Waals surface area contributed by atoms with Gasteiger partial charge in [0.15, 0.2) is 17.7 Å². The van der Waals surface area contributed by atoms with Crippen molar-refractivity contribution in [2.24, 2.45) is 0 Å². The summed E-state index contributed by atoms with van der Waals surface area (Å²) in [5.74, 6) is 1.35. The van der Waals surface area contributed by atoms with Crippen LogP contribution in [0.3, 0.4) is 0 Å². The number of hydrogen-bond acceptors (Lipinski definition) is 4. The lowest BCUT2D eigenvalue weighted by atomic mass is 10.3. The van der Waals surface area contributed by atoms with Gasteiger partial charge in [-0.1, -0.05) is 0 Å². The maximum atomic E-state index is 8.48. The van der Waals surface area contributed by atoms with Gasteiger partial charge in [0, 0.05) is 6.07 Å². The van der Waals surface area contributed by atoms with Gasteiger partial charge in [0.05, 0.1) is 18.9 Å². The quantitative estimate of drug-likeness (QED) is 0.593. The molecule has 0 heterocycles. The van der Waals surface area contributed by atoms with E-state index in [9.17, 15) is 0 Å². The fourth-order valence-electron chi connectivity index (χ4n) is 1.19. The lowest BCUT2D eigenvalue weighted by Crippen LogP contribution is -1.99. The molecule has 0 saturated heterocycles. The molecule has 4 nitrogen and oxygen atoms in total. The normalized spacial score (nSPS) is 9.13. The van der Waals surface area contributed by atoms with E-state index in [2.05, 4.69) is 5.32 Å². The van der Waals surface area contributed by atoms with Crippen LogP contribution in [-0.2, 0) is 0 Å². The first-order valence-corrected chi connectivity index (χ1v) is 4.86. The minimum absolute atomic E-state index is 0.566. The maximum absolute atomic E-state index is 8.48. The van der Waals surface area contributed by atoms with E-state index in [1.54, 1.807) is 18.2 Å². The van der Waals surface area contributed by atoms with Crippen molar-refractivity contribution in [2.75, 3.05) is 18.5 Å². The summed E-state index contributed by atoms with van der Waals surface area (Å²) in [5.41, 5.74) is 0.699. The molecule has 0 fully saturated rings. The highest BCUT2D eigenvalue weighted by Crippen LogP contribution is 2.30. The summed E-state index contributed by atoms with van der Waals surface area (Å²) < 4.78 is 10.8. The Balaban J connectivity index is 2.93. The van der Waals surface area contributed by atoms with E-state index in [0.717, 1.165) is 0 Å². The Morgan fingerprint density at radius 3 is 2.47 bits per heavy atom. The zero-order valence-electron chi connectivity index (χ0n) is 8.91. The second kappa shape index (κ2) is 5.76. The molecule has 0 aromatic heterocycles. The molecule has 0 amide bonds. The van der Waals surface area contributed by atoms with Crippen LogP contribution in [0.5, 0.6) is 11.5 Å².